The fourth-order valence-corrected chi connectivity index (χ4v) is 3.98. The van der Waals surface area contributed by atoms with Crippen molar-refractivity contribution in [2.24, 2.45) is 0 Å². The molecule has 0 amide bonds. The average Bonchev–Trinajstić information content (AvgIpc) is 3.07. The summed E-state index contributed by atoms with van der Waals surface area (Å²) in [6, 6.07) is 6.70. The minimum Gasteiger partial charge on any atom is -0.489 e. The summed E-state index contributed by atoms with van der Waals surface area (Å²) in [7, 11) is 0. The second-order valence-corrected chi connectivity index (χ2v) is 6.93. The van der Waals surface area contributed by atoms with Crippen LogP contribution in [0.4, 0.5) is 16.0 Å². The third-order valence-electron chi connectivity index (χ3n) is 5.28. The fraction of sp³-hybridized carbons (Fsp3) is 0.444. The number of nitro groups is 1. The van der Waals surface area contributed by atoms with Crippen LogP contribution in [0.15, 0.2) is 36.7 Å². The van der Waals surface area contributed by atoms with Crippen molar-refractivity contribution in [3.8, 4) is 5.75 Å². The molecule has 3 atom stereocenters. The smallest absolute Gasteiger partial charge is 0.273 e. The number of aromatic nitrogens is 2. The maximum absolute atomic E-state index is 13.1. The van der Waals surface area contributed by atoms with E-state index in [1.165, 1.54) is 24.5 Å². The van der Waals surface area contributed by atoms with Crippen molar-refractivity contribution in [2.45, 2.75) is 31.5 Å². The topological polar surface area (TPSA) is 84.6 Å². The molecule has 2 saturated heterocycles. The Morgan fingerprint density at radius 2 is 2.07 bits per heavy atom. The van der Waals surface area contributed by atoms with Crippen LogP contribution in [0.2, 0.25) is 0 Å². The Hall–Kier alpha value is -2.81. The van der Waals surface area contributed by atoms with Gasteiger partial charge < -0.3 is 9.64 Å². The number of hydrogen-bond donors (Lipinski definition) is 0. The fourth-order valence-electron chi connectivity index (χ4n) is 3.98. The number of fused-ring (bicyclic) bond motifs is 1. The number of non-ortho nitro benzene ring substituents is 1. The summed E-state index contributed by atoms with van der Waals surface area (Å²) < 4.78 is 19.1. The Labute approximate surface area is 155 Å². The molecule has 2 aliphatic heterocycles. The lowest BCUT2D eigenvalue weighted by atomic mass is 10.0. The highest BCUT2D eigenvalue weighted by atomic mass is 19.1. The number of rotatable bonds is 4. The second kappa shape index (κ2) is 7.07. The van der Waals surface area contributed by atoms with Crippen LogP contribution < -0.4 is 9.64 Å². The van der Waals surface area contributed by atoms with Crippen LogP contribution in [0, 0.1) is 15.9 Å². The molecule has 4 rings (SSSR count). The highest BCUT2D eigenvalue weighted by Crippen LogP contribution is 2.31. The minimum atomic E-state index is -0.448. The number of halogens is 1. The van der Waals surface area contributed by atoms with Gasteiger partial charge in [0.15, 0.2) is 5.82 Å². The highest BCUT2D eigenvalue weighted by Gasteiger charge is 2.42. The van der Waals surface area contributed by atoms with Gasteiger partial charge in [-0.15, -0.1) is 0 Å². The quantitative estimate of drug-likeness (QED) is 0.600. The van der Waals surface area contributed by atoms with E-state index in [4.69, 9.17) is 4.74 Å². The van der Waals surface area contributed by atoms with E-state index < -0.39 is 10.7 Å². The van der Waals surface area contributed by atoms with Crippen LogP contribution in [-0.4, -0.2) is 57.6 Å². The van der Waals surface area contributed by atoms with E-state index >= 15 is 0 Å². The normalized spacial score (nSPS) is 25.3. The van der Waals surface area contributed by atoms with Gasteiger partial charge in [-0.2, -0.15) is 0 Å². The van der Waals surface area contributed by atoms with Gasteiger partial charge in [-0.1, -0.05) is 6.07 Å². The molecular weight excluding hydrogens is 353 g/mol. The van der Waals surface area contributed by atoms with Gasteiger partial charge in [0.05, 0.1) is 23.4 Å². The lowest BCUT2D eigenvalue weighted by molar-refractivity contribution is -0.384. The van der Waals surface area contributed by atoms with E-state index in [2.05, 4.69) is 26.7 Å². The third-order valence-corrected chi connectivity index (χ3v) is 5.28. The number of piperazine rings is 1. The first kappa shape index (κ1) is 17.6. The highest BCUT2D eigenvalue weighted by molar-refractivity contribution is 5.38. The average molecular weight is 373 g/mol. The Balaban J connectivity index is 1.44. The molecule has 2 fully saturated rings. The zero-order valence-electron chi connectivity index (χ0n) is 14.9. The Kier molecular flexibility index (Phi) is 4.61. The summed E-state index contributed by atoms with van der Waals surface area (Å²) in [5.74, 6) is 0.600. The van der Waals surface area contributed by atoms with Crippen molar-refractivity contribution in [1.29, 1.82) is 0 Å². The molecule has 1 unspecified atom stereocenters. The minimum absolute atomic E-state index is 0.0243. The maximum atomic E-state index is 13.1. The monoisotopic (exact) mass is 373 g/mol. The molecule has 0 radical (unpaired) electrons. The number of anilines is 1. The summed E-state index contributed by atoms with van der Waals surface area (Å²) in [5, 5.41) is 10.9. The molecule has 0 N–H and O–H groups in total. The van der Waals surface area contributed by atoms with Crippen molar-refractivity contribution in [3.63, 3.8) is 0 Å². The predicted molar refractivity (Wildman–Crippen MR) is 96.3 cm³/mol. The number of nitrogens with zero attached hydrogens (tertiary/aromatic N) is 5. The number of benzene rings is 1. The predicted octanol–water partition coefficient (Wildman–Crippen LogP) is 2.25. The Bertz CT molecular complexity index is 834. The van der Waals surface area contributed by atoms with E-state index in [1.807, 2.05) is 0 Å². The van der Waals surface area contributed by atoms with Crippen LogP contribution in [0.5, 0.6) is 5.75 Å². The van der Waals surface area contributed by atoms with Crippen molar-refractivity contribution < 1.29 is 14.1 Å². The molecule has 8 nitrogen and oxygen atoms in total. The lowest BCUT2D eigenvalue weighted by Crippen LogP contribution is -2.56. The molecule has 3 heterocycles. The first-order valence-electron chi connectivity index (χ1n) is 8.90. The van der Waals surface area contributed by atoms with Crippen LogP contribution in [0.3, 0.4) is 0 Å². The molecule has 0 saturated carbocycles. The zero-order chi connectivity index (χ0) is 19.0. The number of hydrogen-bond acceptors (Lipinski definition) is 7. The van der Waals surface area contributed by atoms with Crippen molar-refractivity contribution in [1.82, 2.24) is 14.9 Å². The van der Waals surface area contributed by atoms with Crippen molar-refractivity contribution in [2.75, 3.05) is 24.5 Å². The number of ether oxygens (including phenoxy) is 1. The molecule has 9 heteroatoms. The van der Waals surface area contributed by atoms with E-state index in [-0.39, 0.29) is 23.9 Å². The zero-order valence-corrected chi connectivity index (χ0v) is 14.9. The molecule has 0 aliphatic carbocycles. The molecule has 142 valence electrons. The Morgan fingerprint density at radius 1 is 1.30 bits per heavy atom. The van der Waals surface area contributed by atoms with Gasteiger partial charge >= 0.3 is 0 Å². The van der Waals surface area contributed by atoms with Crippen LogP contribution in [0.1, 0.15) is 13.3 Å². The van der Waals surface area contributed by atoms with Crippen LogP contribution in [0.25, 0.3) is 0 Å². The first-order valence-corrected chi connectivity index (χ1v) is 8.90. The van der Waals surface area contributed by atoms with Crippen LogP contribution in [-0.2, 0) is 0 Å². The van der Waals surface area contributed by atoms with Gasteiger partial charge in [0.1, 0.15) is 11.9 Å². The summed E-state index contributed by atoms with van der Waals surface area (Å²) in [6.45, 7) is 4.48. The van der Waals surface area contributed by atoms with E-state index in [0.717, 1.165) is 26.1 Å². The molecule has 2 aliphatic rings. The lowest BCUT2D eigenvalue weighted by Gasteiger charge is -2.42. The van der Waals surface area contributed by atoms with Gasteiger partial charge in [-0.25, -0.2) is 14.4 Å². The molecule has 0 bridgehead atoms. The van der Waals surface area contributed by atoms with E-state index in [9.17, 15) is 14.5 Å². The first-order chi connectivity index (χ1) is 13.0. The molecule has 1 aromatic heterocycles. The van der Waals surface area contributed by atoms with Gasteiger partial charge in [0.25, 0.3) is 5.69 Å². The van der Waals surface area contributed by atoms with E-state index in [0.29, 0.717) is 11.7 Å². The summed E-state index contributed by atoms with van der Waals surface area (Å²) >= 11 is 0. The van der Waals surface area contributed by atoms with Gasteiger partial charge in [0.2, 0.25) is 5.95 Å². The molecular formula is C18H20FN5O3. The van der Waals surface area contributed by atoms with E-state index in [1.54, 1.807) is 12.1 Å². The van der Waals surface area contributed by atoms with Gasteiger partial charge in [-0.3, -0.25) is 15.0 Å². The maximum Gasteiger partial charge on any atom is 0.273 e. The second-order valence-electron chi connectivity index (χ2n) is 6.93. The van der Waals surface area contributed by atoms with Crippen molar-refractivity contribution in [3.05, 3.63) is 52.6 Å². The van der Waals surface area contributed by atoms with Crippen LogP contribution >= 0.6 is 0 Å². The summed E-state index contributed by atoms with van der Waals surface area (Å²) in [6.07, 6.45) is 3.14. The molecule has 1 aromatic carbocycles. The molecule has 0 spiro atoms. The largest absolute Gasteiger partial charge is 0.489 e. The molecule has 27 heavy (non-hydrogen) atoms. The van der Waals surface area contributed by atoms with Gasteiger partial charge in [0, 0.05) is 44.2 Å². The Morgan fingerprint density at radius 3 is 2.81 bits per heavy atom. The molecule has 2 aromatic rings. The van der Waals surface area contributed by atoms with Crippen molar-refractivity contribution >= 4 is 11.6 Å². The third kappa shape index (κ3) is 3.55. The SMILES string of the molecule is CC1[C@@H]2C[C@H](Oc3cccc([N+](=O)[O-])c3)CN2CCN1c1ncc(F)cn1. The van der Waals surface area contributed by atoms with Gasteiger partial charge in [-0.05, 0) is 13.0 Å². The summed E-state index contributed by atoms with van der Waals surface area (Å²) in [4.78, 5) is 23.2. The number of nitro benzene ring substituents is 1. The standard InChI is InChI=1S/C18H20FN5O3/c1-12-17-8-16(27-15-4-2-3-14(7-15)24(25)26)11-22(17)5-6-23(12)18-20-9-13(19)10-21-18/h2-4,7,9-10,12,16-17H,5-6,8,11H2,1H3/t12?,16-,17-/m0/s1. The summed E-state index contributed by atoms with van der Waals surface area (Å²) in [5.41, 5.74) is 0.0243.